The summed E-state index contributed by atoms with van der Waals surface area (Å²) in [5, 5.41) is 4.77. The van der Waals surface area contributed by atoms with Crippen molar-refractivity contribution in [2.24, 2.45) is 0 Å². The standard InChI is InChI=1S/C24H28N4O/c1-17-14-18(2)16-21(15-17)24(29)27-12-10-26(11-13-27)23-19(3)25-28(20(23)4)22-8-6-5-7-9-22/h5-9,14-16H,10-13H2,1-4H3. The Labute approximate surface area is 172 Å². The van der Waals surface area contributed by atoms with Gasteiger partial charge in [-0.3, -0.25) is 4.79 Å². The topological polar surface area (TPSA) is 41.4 Å². The van der Waals surface area contributed by atoms with Crippen LogP contribution in [0, 0.1) is 27.7 Å². The Bertz CT molecular complexity index is 1010. The van der Waals surface area contributed by atoms with Crippen LogP contribution in [0.3, 0.4) is 0 Å². The lowest BCUT2D eigenvalue weighted by molar-refractivity contribution is 0.0746. The molecule has 1 aliphatic heterocycles. The van der Waals surface area contributed by atoms with Crippen LogP contribution in [0.15, 0.2) is 48.5 Å². The molecule has 3 aromatic rings. The molecule has 0 unspecified atom stereocenters. The van der Waals surface area contributed by atoms with Gasteiger partial charge in [-0.1, -0.05) is 35.4 Å². The maximum Gasteiger partial charge on any atom is 0.253 e. The normalized spacial score (nSPS) is 14.3. The van der Waals surface area contributed by atoms with Crippen LogP contribution in [0.4, 0.5) is 5.69 Å². The first-order valence-electron chi connectivity index (χ1n) is 10.2. The molecule has 0 bridgehead atoms. The van der Waals surface area contributed by atoms with Crippen LogP contribution in [-0.2, 0) is 0 Å². The summed E-state index contributed by atoms with van der Waals surface area (Å²) < 4.78 is 2.01. The van der Waals surface area contributed by atoms with E-state index < -0.39 is 0 Å². The summed E-state index contributed by atoms with van der Waals surface area (Å²) in [4.78, 5) is 17.3. The molecule has 0 atom stereocenters. The van der Waals surface area contributed by atoms with Crippen molar-refractivity contribution in [3.05, 3.63) is 76.6 Å². The summed E-state index contributed by atoms with van der Waals surface area (Å²) in [7, 11) is 0. The van der Waals surface area contributed by atoms with Gasteiger partial charge in [0.2, 0.25) is 0 Å². The van der Waals surface area contributed by atoms with Gasteiger partial charge in [-0.2, -0.15) is 5.10 Å². The van der Waals surface area contributed by atoms with E-state index in [4.69, 9.17) is 5.10 Å². The fraction of sp³-hybridized carbons (Fsp3) is 0.333. The van der Waals surface area contributed by atoms with Gasteiger partial charge < -0.3 is 9.80 Å². The highest BCUT2D eigenvalue weighted by molar-refractivity contribution is 5.94. The molecule has 1 saturated heterocycles. The summed E-state index contributed by atoms with van der Waals surface area (Å²) in [6.07, 6.45) is 0. The number of carbonyl (C=O) groups is 1. The van der Waals surface area contributed by atoms with Crippen molar-refractivity contribution in [3.8, 4) is 5.69 Å². The van der Waals surface area contributed by atoms with Crippen LogP contribution in [-0.4, -0.2) is 46.8 Å². The average Bonchev–Trinajstić information content (AvgIpc) is 3.01. The SMILES string of the molecule is Cc1cc(C)cc(C(=O)N2CCN(c3c(C)nn(-c4ccccc4)c3C)CC2)c1. The van der Waals surface area contributed by atoms with Gasteiger partial charge in [0.1, 0.15) is 0 Å². The number of anilines is 1. The molecular formula is C24H28N4O. The molecule has 5 heteroatoms. The average molecular weight is 389 g/mol. The van der Waals surface area contributed by atoms with Crippen molar-refractivity contribution in [1.29, 1.82) is 0 Å². The van der Waals surface area contributed by atoms with Gasteiger partial charge in [0.25, 0.3) is 5.91 Å². The molecule has 5 nitrogen and oxygen atoms in total. The lowest BCUT2D eigenvalue weighted by Crippen LogP contribution is -2.49. The number of rotatable bonds is 3. The van der Waals surface area contributed by atoms with Crippen molar-refractivity contribution in [2.45, 2.75) is 27.7 Å². The fourth-order valence-electron chi connectivity index (χ4n) is 4.33. The monoisotopic (exact) mass is 388 g/mol. The molecule has 1 aromatic heterocycles. The molecule has 4 rings (SSSR count). The molecular weight excluding hydrogens is 360 g/mol. The number of hydrogen-bond donors (Lipinski definition) is 0. The maximum absolute atomic E-state index is 13.0. The van der Waals surface area contributed by atoms with Crippen molar-refractivity contribution in [3.63, 3.8) is 0 Å². The summed E-state index contributed by atoms with van der Waals surface area (Å²) in [5.74, 6) is 0.130. The number of benzene rings is 2. The number of aryl methyl sites for hydroxylation is 3. The predicted octanol–water partition coefficient (Wildman–Crippen LogP) is 4.07. The molecule has 0 aliphatic carbocycles. The Balaban J connectivity index is 1.50. The van der Waals surface area contributed by atoms with E-state index in [1.165, 1.54) is 5.69 Å². The summed E-state index contributed by atoms with van der Waals surface area (Å²) in [6.45, 7) is 11.3. The smallest absolute Gasteiger partial charge is 0.253 e. The third kappa shape index (κ3) is 3.77. The highest BCUT2D eigenvalue weighted by Crippen LogP contribution is 2.28. The van der Waals surface area contributed by atoms with Gasteiger partial charge in [-0.15, -0.1) is 0 Å². The zero-order chi connectivity index (χ0) is 20.5. The molecule has 0 saturated carbocycles. The second kappa shape index (κ2) is 7.74. The molecule has 1 aliphatic rings. The van der Waals surface area contributed by atoms with E-state index >= 15 is 0 Å². The van der Waals surface area contributed by atoms with Gasteiger partial charge in [0.05, 0.1) is 22.8 Å². The number of nitrogens with zero attached hydrogens (tertiary/aromatic N) is 4. The lowest BCUT2D eigenvalue weighted by Gasteiger charge is -2.36. The predicted molar refractivity (Wildman–Crippen MR) is 117 cm³/mol. The van der Waals surface area contributed by atoms with E-state index in [9.17, 15) is 4.79 Å². The third-order valence-electron chi connectivity index (χ3n) is 5.61. The Morgan fingerprint density at radius 2 is 1.48 bits per heavy atom. The fourth-order valence-corrected chi connectivity index (χ4v) is 4.33. The number of aromatic nitrogens is 2. The molecule has 0 N–H and O–H groups in total. The number of hydrogen-bond acceptors (Lipinski definition) is 3. The Morgan fingerprint density at radius 1 is 0.862 bits per heavy atom. The first kappa shape index (κ1) is 19.2. The highest BCUT2D eigenvalue weighted by Gasteiger charge is 2.26. The first-order valence-corrected chi connectivity index (χ1v) is 10.2. The quantitative estimate of drug-likeness (QED) is 0.679. The van der Waals surface area contributed by atoms with Crippen LogP contribution < -0.4 is 4.90 Å². The summed E-state index contributed by atoms with van der Waals surface area (Å²) in [6, 6.07) is 16.3. The minimum Gasteiger partial charge on any atom is -0.365 e. The summed E-state index contributed by atoms with van der Waals surface area (Å²) in [5.41, 5.74) is 7.48. The van der Waals surface area contributed by atoms with Gasteiger partial charge in [0, 0.05) is 31.7 Å². The zero-order valence-corrected chi connectivity index (χ0v) is 17.6. The van der Waals surface area contributed by atoms with Crippen molar-refractivity contribution >= 4 is 11.6 Å². The van der Waals surface area contributed by atoms with Crippen LogP contribution in [0.1, 0.15) is 32.9 Å². The van der Waals surface area contributed by atoms with Crippen molar-refractivity contribution in [2.75, 3.05) is 31.1 Å². The van der Waals surface area contributed by atoms with Crippen LogP contribution in [0.5, 0.6) is 0 Å². The number of carbonyl (C=O) groups excluding carboxylic acids is 1. The molecule has 2 aromatic carbocycles. The molecule has 1 fully saturated rings. The van der Waals surface area contributed by atoms with Gasteiger partial charge in [0.15, 0.2) is 0 Å². The molecule has 0 spiro atoms. The Hall–Kier alpha value is -3.08. The highest BCUT2D eigenvalue weighted by atomic mass is 16.2. The summed E-state index contributed by atoms with van der Waals surface area (Å²) >= 11 is 0. The minimum absolute atomic E-state index is 0.130. The maximum atomic E-state index is 13.0. The van der Waals surface area contributed by atoms with Gasteiger partial charge >= 0.3 is 0 Å². The van der Waals surface area contributed by atoms with Crippen molar-refractivity contribution in [1.82, 2.24) is 14.7 Å². The van der Waals surface area contributed by atoms with Crippen LogP contribution in [0.2, 0.25) is 0 Å². The van der Waals surface area contributed by atoms with E-state index in [0.717, 1.165) is 59.9 Å². The first-order chi connectivity index (χ1) is 13.9. The number of para-hydroxylation sites is 1. The van der Waals surface area contributed by atoms with E-state index in [0.29, 0.717) is 0 Å². The van der Waals surface area contributed by atoms with E-state index in [-0.39, 0.29) is 5.91 Å². The molecule has 29 heavy (non-hydrogen) atoms. The molecule has 1 amide bonds. The Morgan fingerprint density at radius 3 is 2.10 bits per heavy atom. The third-order valence-corrected chi connectivity index (χ3v) is 5.61. The molecule has 2 heterocycles. The zero-order valence-electron chi connectivity index (χ0n) is 17.6. The second-order valence-corrected chi connectivity index (χ2v) is 7.92. The minimum atomic E-state index is 0.130. The van der Waals surface area contributed by atoms with E-state index in [2.05, 4.69) is 36.9 Å². The molecule has 150 valence electrons. The largest absolute Gasteiger partial charge is 0.365 e. The second-order valence-electron chi connectivity index (χ2n) is 7.92. The molecule has 0 radical (unpaired) electrons. The van der Waals surface area contributed by atoms with Gasteiger partial charge in [-0.25, -0.2) is 4.68 Å². The van der Waals surface area contributed by atoms with Crippen molar-refractivity contribution < 1.29 is 4.79 Å². The number of amides is 1. The van der Waals surface area contributed by atoms with E-state index in [1.807, 2.05) is 53.8 Å². The van der Waals surface area contributed by atoms with Gasteiger partial charge in [-0.05, 0) is 52.0 Å². The van der Waals surface area contributed by atoms with Crippen LogP contribution >= 0.6 is 0 Å². The van der Waals surface area contributed by atoms with Crippen LogP contribution in [0.25, 0.3) is 5.69 Å². The lowest BCUT2D eigenvalue weighted by atomic mass is 10.1. The van der Waals surface area contributed by atoms with E-state index in [1.54, 1.807) is 0 Å². The Kier molecular flexibility index (Phi) is 5.14. The number of piperazine rings is 1.